The molecule has 0 aliphatic carbocycles. The lowest BCUT2D eigenvalue weighted by Crippen LogP contribution is -2.51. The molecule has 28 heavy (non-hydrogen) atoms. The van der Waals surface area contributed by atoms with E-state index >= 15 is 0 Å². The van der Waals surface area contributed by atoms with Crippen LogP contribution >= 0.6 is 23.5 Å². The minimum atomic E-state index is -0.703. The Labute approximate surface area is 174 Å². The first-order chi connectivity index (χ1) is 13.5. The maximum Gasteiger partial charge on any atom is 0.414 e. The van der Waals surface area contributed by atoms with E-state index in [4.69, 9.17) is 4.74 Å². The number of alkyl carbamates (subject to hydrolysis) is 1. The molecule has 0 aromatic rings. The lowest BCUT2D eigenvalue weighted by atomic mass is 10.1. The van der Waals surface area contributed by atoms with Crippen molar-refractivity contribution in [3.8, 4) is 0 Å². The third-order valence-corrected chi connectivity index (χ3v) is 8.27. The van der Waals surface area contributed by atoms with Crippen molar-refractivity contribution in [3.63, 3.8) is 0 Å². The summed E-state index contributed by atoms with van der Waals surface area (Å²) in [6.45, 7) is 5.73. The Hall–Kier alpha value is -0.970. The van der Waals surface area contributed by atoms with E-state index in [1.807, 2.05) is 13.8 Å². The second kappa shape index (κ2) is 10.2. The van der Waals surface area contributed by atoms with Crippen molar-refractivity contribution in [2.24, 2.45) is 5.92 Å². The molecule has 10 heteroatoms. The second-order valence-corrected chi connectivity index (χ2v) is 9.95. The number of thioether (sulfide) groups is 2. The van der Waals surface area contributed by atoms with Crippen LogP contribution in [0.25, 0.3) is 0 Å². The highest BCUT2D eigenvalue weighted by molar-refractivity contribution is 8.01. The van der Waals surface area contributed by atoms with E-state index in [-0.39, 0.29) is 28.7 Å². The van der Waals surface area contributed by atoms with Gasteiger partial charge in [-0.15, -0.1) is 23.5 Å². The summed E-state index contributed by atoms with van der Waals surface area (Å²) in [6.07, 6.45) is 2.20. The van der Waals surface area contributed by atoms with Gasteiger partial charge >= 0.3 is 6.09 Å². The predicted molar refractivity (Wildman–Crippen MR) is 111 cm³/mol. The highest BCUT2D eigenvalue weighted by Gasteiger charge is 2.42. The Bertz CT molecular complexity index is 576. The Balaban J connectivity index is 1.49. The lowest BCUT2D eigenvalue weighted by molar-refractivity contribution is -0.125. The normalized spacial score (nSPS) is 32.0. The summed E-state index contributed by atoms with van der Waals surface area (Å²) in [7, 11) is 0. The summed E-state index contributed by atoms with van der Waals surface area (Å²) in [5.74, 6) is -0.128. The van der Waals surface area contributed by atoms with Gasteiger partial charge in [0.05, 0.1) is 11.3 Å². The van der Waals surface area contributed by atoms with Crippen LogP contribution < -0.4 is 21.3 Å². The molecule has 0 radical (unpaired) electrons. The van der Waals surface area contributed by atoms with Crippen LogP contribution in [0, 0.1) is 5.92 Å². The van der Waals surface area contributed by atoms with Crippen LogP contribution in [-0.2, 0) is 14.3 Å². The largest absolute Gasteiger partial charge is 0.446 e. The Morgan fingerprint density at radius 2 is 1.96 bits per heavy atom. The molecule has 3 heterocycles. The van der Waals surface area contributed by atoms with Gasteiger partial charge in [0, 0.05) is 17.8 Å². The van der Waals surface area contributed by atoms with Crippen molar-refractivity contribution < 1.29 is 19.1 Å². The Morgan fingerprint density at radius 3 is 2.68 bits per heavy atom. The average Bonchev–Trinajstić information content (AvgIpc) is 3.32. The molecule has 158 valence electrons. The first-order valence-corrected chi connectivity index (χ1v) is 12.1. The van der Waals surface area contributed by atoms with Crippen molar-refractivity contribution in [1.29, 1.82) is 0 Å². The summed E-state index contributed by atoms with van der Waals surface area (Å²) < 4.78 is 5.25. The Morgan fingerprint density at radius 1 is 1.18 bits per heavy atom. The number of piperidine rings is 1. The zero-order valence-electron chi connectivity index (χ0n) is 16.4. The van der Waals surface area contributed by atoms with Gasteiger partial charge in [-0.3, -0.25) is 20.2 Å². The number of imide groups is 1. The molecular weight excluding hydrogens is 400 g/mol. The smallest absolute Gasteiger partial charge is 0.414 e. The van der Waals surface area contributed by atoms with Gasteiger partial charge in [-0.2, -0.15) is 0 Å². The van der Waals surface area contributed by atoms with E-state index in [1.54, 1.807) is 23.5 Å². The standard InChI is InChI=1S/C18H30N4O4S2/c1-3-10(4-2)26-18(25)22-14(23)11-6-8-27-16(11)21-15(24)17-20-12-9-19-7-5-13(12)28-17/h10-13,16-17,19-20H,3-9H2,1-2H3,(H,21,24)(H,22,23,25). The molecule has 3 rings (SSSR count). The molecule has 3 fully saturated rings. The summed E-state index contributed by atoms with van der Waals surface area (Å²) in [5, 5.41) is 11.9. The number of hydrogen-bond acceptors (Lipinski definition) is 8. The van der Waals surface area contributed by atoms with Gasteiger partial charge in [0.15, 0.2) is 0 Å². The van der Waals surface area contributed by atoms with Crippen LogP contribution in [0.1, 0.15) is 39.5 Å². The topological polar surface area (TPSA) is 109 Å². The first kappa shape index (κ1) is 21.7. The number of rotatable bonds is 6. The number of carbonyl (C=O) groups is 3. The number of carbonyl (C=O) groups excluding carboxylic acids is 3. The van der Waals surface area contributed by atoms with Crippen LogP contribution in [0.5, 0.6) is 0 Å². The SMILES string of the molecule is CCC(CC)OC(=O)NC(=O)C1CCSC1NC(=O)C1NC2CNCCC2S1. The van der Waals surface area contributed by atoms with E-state index in [2.05, 4.69) is 21.3 Å². The van der Waals surface area contributed by atoms with Crippen LogP contribution in [-0.4, -0.2) is 64.9 Å². The molecule has 0 saturated carbocycles. The molecule has 0 spiro atoms. The van der Waals surface area contributed by atoms with Gasteiger partial charge < -0.3 is 15.4 Å². The molecule has 5 atom stereocenters. The van der Waals surface area contributed by atoms with Crippen LogP contribution in [0.2, 0.25) is 0 Å². The van der Waals surface area contributed by atoms with Gasteiger partial charge in [-0.1, -0.05) is 13.8 Å². The molecule has 3 amide bonds. The van der Waals surface area contributed by atoms with E-state index < -0.39 is 12.0 Å². The highest BCUT2D eigenvalue weighted by Crippen LogP contribution is 2.34. The van der Waals surface area contributed by atoms with E-state index in [1.165, 1.54) is 0 Å². The fraction of sp³-hybridized carbons (Fsp3) is 0.833. The van der Waals surface area contributed by atoms with Crippen LogP contribution in [0.4, 0.5) is 4.79 Å². The van der Waals surface area contributed by atoms with E-state index in [0.717, 1.165) is 25.3 Å². The maximum atomic E-state index is 12.7. The minimum Gasteiger partial charge on any atom is -0.446 e. The number of nitrogens with one attached hydrogen (secondary N) is 4. The van der Waals surface area contributed by atoms with Crippen molar-refractivity contribution in [2.75, 3.05) is 18.8 Å². The molecular formula is C18H30N4O4S2. The number of amides is 3. The van der Waals surface area contributed by atoms with Gasteiger partial charge in [-0.05, 0) is 38.0 Å². The zero-order chi connectivity index (χ0) is 20.1. The third-order valence-electron chi connectivity index (χ3n) is 5.46. The third kappa shape index (κ3) is 5.34. The molecule has 0 aromatic carbocycles. The molecule has 3 aliphatic heterocycles. The van der Waals surface area contributed by atoms with Crippen molar-refractivity contribution in [2.45, 2.75) is 67.7 Å². The monoisotopic (exact) mass is 430 g/mol. The first-order valence-electron chi connectivity index (χ1n) is 10.1. The summed E-state index contributed by atoms with van der Waals surface area (Å²) in [4.78, 5) is 37.2. The van der Waals surface area contributed by atoms with Gasteiger partial charge in [0.1, 0.15) is 11.5 Å². The maximum absolute atomic E-state index is 12.7. The molecule has 0 aromatic heterocycles. The van der Waals surface area contributed by atoms with Crippen LogP contribution in [0.15, 0.2) is 0 Å². The molecule has 4 N–H and O–H groups in total. The molecule has 5 unspecified atom stereocenters. The second-order valence-electron chi connectivity index (χ2n) is 7.35. The fourth-order valence-corrected chi connectivity index (χ4v) is 6.50. The van der Waals surface area contributed by atoms with Crippen molar-refractivity contribution in [1.82, 2.24) is 21.3 Å². The number of ether oxygens (including phenoxy) is 1. The zero-order valence-corrected chi connectivity index (χ0v) is 18.0. The number of hydrogen-bond donors (Lipinski definition) is 4. The molecule has 0 bridgehead atoms. The van der Waals surface area contributed by atoms with Crippen molar-refractivity contribution in [3.05, 3.63) is 0 Å². The quantitative estimate of drug-likeness (QED) is 0.495. The van der Waals surface area contributed by atoms with E-state index in [9.17, 15) is 14.4 Å². The van der Waals surface area contributed by atoms with Crippen molar-refractivity contribution >= 4 is 41.4 Å². The summed E-state index contributed by atoms with van der Waals surface area (Å²) >= 11 is 3.22. The van der Waals surface area contributed by atoms with E-state index in [0.29, 0.717) is 30.6 Å². The molecule has 8 nitrogen and oxygen atoms in total. The minimum absolute atomic E-state index is 0.0868. The molecule has 3 saturated heterocycles. The fourth-order valence-electron chi connectivity index (χ4n) is 3.76. The van der Waals surface area contributed by atoms with Crippen LogP contribution in [0.3, 0.4) is 0 Å². The van der Waals surface area contributed by atoms with Gasteiger partial charge in [0.2, 0.25) is 11.8 Å². The summed E-state index contributed by atoms with van der Waals surface area (Å²) in [6, 6.07) is 0.310. The average molecular weight is 431 g/mol. The predicted octanol–water partition coefficient (Wildman–Crippen LogP) is 1.02. The highest BCUT2D eigenvalue weighted by atomic mass is 32.2. The molecule has 3 aliphatic rings. The Kier molecular flexibility index (Phi) is 7.90. The lowest BCUT2D eigenvalue weighted by Gasteiger charge is -2.24. The number of fused-ring (bicyclic) bond motifs is 1. The van der Waals surface area contributed by atoms with Gasteiger partial charge in [-0.25, -0.2) is 4.79 Å². The summed E-state index contributed by atoms with van der Waals surface area (Å²) in [5.41, 5.74) is 0. The van der Waals surface area contributed by atoms with Gasteiger partial charge in [0.25, 0.3) is 0 Å².